The largest absolute Gasteiger partial charge is 0.465 e. The minimum absolute atomic E-state index is 0.0837. The Morgan fingerprint density at radius 3 is 1.05 bits per heavy atom. The van der Waals surface area contributed by atoms with E-state index >= 15 is 0 Å². The number of rotatable bonds is 30. The van der Waals surface area contributed by atoms with E-state index in [-0.39, 0.29) is 11.4 Å². The fraction of sp³-hybridized carbons (Fsp3) is 0.971. The van der Waals surface area contributed by atoms with Crippen molar-refractivity contribution in [2.24, 2.45) is 5.41 Å². The Kier molecular flexibility index (Phi) is 28.1. The van der Waals surface area contributed by atoms with Gasteiger partial charge in [0.1, 0.15) is 0 Å². The zero-order valence-electron chi connectivity index (χ0n) is 26.3. The predicted molar refractivity (Wildman–Crippen MR) is 165 cm³/mol. The van der Waals surface area contributed by atoms with Crippen molar-refractivity contribution in [3.8, 4) is 0 Å². The fourth-order valence-corrected chi connectivity index (χ4v) is 5.56. The quantitative estimate of drug-likeness (QED) is 0.0692. The second kappa shape index (κ2) is 28.5. The molecule has 0 aromatic rings. The minimum atomic E-state index is -0.271. The zero-order chi connectivity index (χ0) is 27.3. The first kappa shape index (κ1) is 36.5. The summed E-state index contributed by atoms with van der Waals surface area (Å²) < 4.78 is 5.85. The van der Waals surface area contributed by atoms with Crippen molar-refractivity contribution in [1.29, 1.82) is 0 Å². The summed E-state index contributed by atoms with van der Waals surface area (Å²) in [5.41, 5.74) is -0.271. The van der Waals surface area contributed by atoms with E-state index in [1.807, 2.05) is 0 Å². The van der Waals surface area contributed by atoms with Crippen LogP contribution in [0.2, 0.25) is 0 Å². The molecule has 0 aliphatic rings. The molecular weight excluding hydrogens is 452 g/mol. The molecule has 37 heavy (non-hydrogen) atoms. The first-order valence-electron chi connectivity index (χ1n) is 17.3. The first-order chi connectivity index (χ1) is 18.1. The lowest BCUT2D eigenvalue weighted by Gasteiger charge is -2.27. The summed E-state index contributed by atoms with van der Waals surface area (Å²) in [6, 6.07) is 0. The molecule has 0 rings (SSSR count). The van der Waals surface area contributed by atoms with Gasteiger partial charge in [-0.15, -0.1) is 0 Å². The van der Waals surface area contributed by atoms with Crippen molar-refractivity contribution < 1.29 is 9.53 Å². The van der Waals surface area contributed by atoms with Crippen LogP contribution in [0, 0.1) is 5.41 Å². The maximum absolute atomic E-state index is 13.1. The molecule has 222 valence electrons. The van der Waals surface area contributed by atoms with Crippen LogP contribution < -0.4 is 0 Å². The van der Waals surface area contributed by atoms with E-state index in [0.29, 0.717) is 6.61 Å². The van der Waals surface area contributed by atoms with Crippen molar-refractivity contribution in [2.75, 3.05) is 6.61 Å². The highest BCUT2D eigenvalue weighted by Crippen LogP contribution is 2.33. The third kappa shape index (κ3) is 24.3. The molecule has 0 saturated carbocycles. The number of unbranched alkanes of at least 4 members (excludes halogenated alkanes) is 23. The number of carbonyl (C=O) groups excluding carboxylic acids is 1. The Morgan fingerprint density at radius 1 is 0.432 bits per heavy atom. The third-order valence-electron chi connectivity index (χ3n) is 8.39. The van der Waals surface area contributed by atoms with Gasteiger partial charge in [-0.25, -0.2) is 0 Å². The summed E-state index contributed by atoms with van der Waals surface area (Å²) in [7, 11) is 0. The highest BCUT2D eigenvalue weighted by atomic mass is 16.5. The summed E-state index contributed by atoms with van der Waals surface area (Å²) in [5, 5.41) is 0. The van der Waals surface area contributed by atoms with Crippen molar-refractivity contribution in [2.45, 2.75) is 207 Å². The predicted octanol–water partition coefficient (Wildman–Crippen LogP) is 12.5. The molecule has 0 aromatic heterocycles. The van der Waals surface area contributed by atoms with Crippen molar-refractivity contribution in [1.82, 2.24) is 0 Å². The van der Waals surface area contributed by atoms with E-state index in [0.717, 1.165) is 25.7 Å². The van der Waals surface area contributed by atoms with E-state index in [2.05, 4.69) is 27.7 Å². The molecule has 0 saturated heterocycles. The first-order valence-corrected chi connectivity index (χ1v) is 17.3. The van der Waals surface area contributed by atoms with Crippen LogP contribution in [0.4, 0.5) is 0 Å². The summed E-state index contributed by atoms with van der Waals surface area (Å²) in [6.45, 7) is 9.63. The normalized spacial score (nSPS) is 13.1. The Bertz CT molecular complexity index is 460. The van der Waals surface area contributed by atoms with E-state index in [1.54, 1.807) is 0 Å². The Labute approximate surface area is 234 Å². The topological polar surface area (TPSA) is 26.3 Å². The minimum Gasteiger partial charge on any atom is -0.465 e. The molecule has 1 atom stereocenters. The van der Waals surface area contributed by atoms with Crippen molar-refractivity contribution in [3.63, 3.8) is 0 Å². The van der Waals surface area contributed by atoms with Crippen LogP contribution in [0.25, 0.3) is 0 Å². The molecule has 0 amide bonds. The fourth-order valence-electron chi connectivity index (χ4n) is 5.56. The smallest absolute Gasteiger partial charge is 0.311 e. The van der Waals surface area contributed by atoms with Gasteiger partial charge in [-0.3, -0.25) is 4.79 Å². The summed E-state index contributed by atoms with van der Waals surface area (Å²) in [4.78, 5) is 13.1. The van der Waals surface area contributed by atoms with Gasteiger partial charge >= 0.3 is 5.97 Å². The van der Waals surface area contributed by atoms with Crippen LogP contribution in [-0.2, 0) is 9.53 Å². The van der Waals surface area contributed by atoms with Gasteiger partial charge in [0.2, 0.25) is 0 Å². The number of esters is 1. The second-order valence-corrected chi connectivity index (χ2v) is 12.3. The average molecular weight is 523 g/mol. The lowest BCUT2D eigenvalue weighted by atomic mass is 9.79. The molecule has 0 aromatic carbocycles. The Hall–Kier alpha value is -0.530. The lowest BCUT2D eigenvalue weighted by Crippen LogP contribution is -2.30. The molecule has 0 fully saturated rings. The maximum Gasteiger partial charge on any atom is 0.311 e. The summed E-state index contributed by atoms with van der Waals surface area (Å²) in [6.07, 6.45) is 36.6. The van der Waals surface area contributed by atoms with Crippen molar-refractivity contribution in [3.05, 3.63) is 0 Å². The van der Waals surface area contributed by atoms with Crippen LogP contribution in [0.1, 0.15) is 207 Å². The number of carbonyl (C=O) groups is 1. The molecule has 0 spiro atoms. The van der Waals surface area contributed by atoms with E-state index in [9.17, 15) is 4.79 Å². The second-order valence-electron chi connectivity index (χ2n) is 12.3. The molecule has 2 nitrogen and oxygen atoms in total. The van der Waals surface area contributed by atoms with Crippen LogP contribution in [0.15, 0.2) is 0 Å². The number of hydrogen-bond acceptors (Lipinski definition) is 2. The van der Waals surface area contributed by atoms with Crippen LogP contribution in [0.3, 0.4) is 0 Å². The molecule has 0 N–H and O–H groups in total. The van der Waals surface area contributed by atoms with Gasteiger partial charge in [0, 0.05) is 0 Å². The monoisotopic (exact) mass is 523 g/mol. The lowest BCUT2D eigenvalue weighted by molar-refractivity contribution is -0.156. The van der Waals surface area contributed by atoms with E-state index in [1.165, 1.54) is 154 Å². The highest BCUT2D eigenvalue weighted by molar-refractivity contribution is 5.76. The SMILES string of the molecule is CCCCCCCCCCCCCCCCCOC(=O)C(C)(CCCCCC)CCCCCCCCC. The molecule has 0 aliphatic carbocycles. The molecule has 1 unspecified atom stereocenters. The van der Waals surface area contributed by atoms with Crippen LogP contribution in [-0.4, -0.2) is 12.6 Å². The van der Waals surface area contributed by atoms with Gasteiger partial charge in [0.05, 0.1) is 12.0 Å². The molecule has 0 aliphatic heterocycles. The van der Waals surface area contributed by atoms with Crippen LogP contribution in [0.5, 0.6) is 0 Å². The van der Waals surface area contributed by atoms with Crippen molar-refractivity contribution >= 4 is 5.97 Å². The third-order valence-corrected chi connectivity index (χ3v) is 8.39. The van der Waals surface area contributed by atoms with Gasteiger partial charge in [0.15, 0.2) is 0 Å². The van der Waals surface area contributed by atoms with Gasteiger partial charge in [-0.1, -0.05) is 181 Å². The van der Waals surface area contributed by atoms with Gasteiger partial charge in [0.25, 0.3) is 0 Å². The standard InChI is InChI=1S/C35H70O2/c1-5-8-11-14-16-17-18-19-20-21-22-23-25-27-30-33-37-34(36)35(4,31-28-13-10-7-3)32-29-26-24-15-12-9-6-2/h5-33H2,1-4H3. The molecule has 0 heterocycles. The average Bonchev–Trinajstić information content (AvgIpc) is 2.90. The maximum atomic E-state index is 13.1. The van der Waals surface area contributed by atoms with Gasteiger partial charge in [-0.05, 0) is 26.2 Å². The van der Waals surface area contributed by atoms with E-state index in [4.69, 9.17) is 4.74 Å². The van der Waals surface area contributed by atoms with Crippen LogP contribution >= 0.6 is 0 Å². The molecular formula is C35H70O2. The summed E-state index contributed by atoms with van der Waals surface area (Å²) >= 11 is 0. The molecule has 0 bridgehead atoms. The van der Waals surface area contributed by atoms with Gasteiger partial charge < -0.3 is 4.74 Å². The highest BCUT2D eigenvalue weighted by Gasteiger charge is 2.33. The Balaban J connectivity index is 3.87. The Morgan fingerprint density at radius 2 is 0.703 bits per heavy atom. The van der Waals surface area contributed by atoms with Gasteiger partial charge in [-0.2, -0.15) is 0 Å². The molecule has 2 heteroatoms. The number of hydrogen-bond donors (Lipinski definition) is 0. The molecule has 0 radical (unpaired) electrons. The summed E-state index contributed by atoms with van der Waals surface area (Å²) in [5.74, 6) is 0.0837. The number of ether oxygens (including phenoxy) is 1. The van der Waals surface area contributed by atoms with E-state index < -0.39 is 0 Å². The zero-order valence-corrected chi connectivity index (χ0v) is 26.3.